The van der Waals surface area contributed by atoms with Gasteiger partial charge in [0.05, 0.1) is 54.2 Å². The van der Waals surface area contributed by atoms with E-state index in [1.165, 1.54) is 33.5 Å². The second-order valence-electron chi connectivity index (χ2n) is 7.18. The molecule has 33 heavy (non-hydrogen) atoms. The van der Waals surface area contributed by atoms with Crippen LogP contribution < -0.4 is 14.8 Å². The van der Waals surface area contributed by atoms with E-state index in [0.717, 1.165) is 9.75 Å². The molecule has 2 aromatic carbocycles. The van der Waals surface area contributed by atoms with Gasteiger partial charge in [-0.1, -0.05) is 18.2 Å². The van der Waals surface area contributed by atoms with Crippen LogP contribution in [0.5, 0.6) is 11.5 Å². The fourth-order valence-corrected chi connectivity index (χ4v) is 4.34. The predicted octanol–water partition coefficient (Wildman–Crippen LogP) is 5.33. The summed E-state index contributed by atoms with van der Waals surface area (Å²) >= 11 is 1.61. The van der Waals surface area contributed by atoms with Gasteiger partial charge < -0.3 is 19.5 Å². The number of rotatable bonds is 6. The Morgan fingerprint density at radius 3 is 2.30 bits per heavy atom. The molecule has 2 heterocycles. The fraction of sp³-hybridized carbons (Fsp3) is 0.160. The van der Waals surface area contributed by atoms with Crippen molar-refractivity contribution in [2.75, 3.05) is 26.6 Å². The lowest BCUT2D eigenvalue weighted by atomic mass is 10.1. The van der Waals surface area contributed by atoms with Crippen LogP contribution in [0.25, 0.3) is 21.5 Å². The highest BCUT2D eigenvalue weighted by Crippen LogP contribution is 2.35. The van der Waals surface area contributed by atoms with Crippen LogP contribution in [-0.4, -0.2) is 38.2 Å². The lowest BCUT2D eigenvalue weighted by Gasteiger charge is -2.15. The fourth-order valence-electron chi connectivity index (χ4n) is 3.51. The number of aromatic nitrogens is 1. The van der Waals surface area contributed by atoms with E-state index in [-0.39, 0.29) is 17.2 Å². The molecule has 0 bridgehead atoms. The SMILES string of the molecule is COC(=O)c1cc(OC)c(OC)cc1NC(=O)c1cc(-c2ccc(C)s2)nc2ccccc12. The number of fused-ring (bicyclic) bond motifs is 1. The lowest BCUT2D eigenvalue weighted by molar-refractivity contribution is 0.0601. The zero-order valence-corrected chi connectivity index (χ0v) is 19.4. The average Bonchev–Trinajstić information content (AvgIpc) is 3.28. The molecule has 0 spiro atoms. The molecule has 8 heteroatoms. The first-order valence-electron chi connectivity index (χ1n) is 10.1. The highest BCUT2D eigenvalue weighted by atomic mass is 32.1. The Morgan fingerprint density at radius 2 is 1.64 bits per heavy atom. The number of anilines is 1. The van der Waals surface area contributed by atoms with Crippen molar-refractivity contribution in [3.63, 3.8) is 0 Å². The molecule has 0 aliphatic rings. The molecular weight excluding hydrogens is 440 g/mol. The van der Waals surface area contributed by atoms with Crippen molar-refractivity contribution < 1.29 is 23.8 Å². The Labute approximate surface area is 194 Å². The minimum absolute atomic E-state index is 0.149. The molecule has 4 rings (SSSR count). The van der Waals surface area contributed by atoms with Gasteiger partial charge in [0.15, 0.2) is 11.5 Å². The minimum Gasteiger partial charge on any atom is -0.493 e. The number of methoxy groups -OCH3 is 3. The summed E-state index contributed by atoms with van der Waals surface area (Å²) in [6.45, 7) is 2.02. The zero-order valence-electron chi connectivity index (χ0n) is 18.6. The number of pyridine rings is 1. The minimum atomic E-state index is -0.611. The number of ether oxygens (including phenoxy) is 3. The standard InChI is InChI=1S/C25H22N2O5S/c1-14-9-10-23(33-14)20-11-16(15-7-5-6-8-18(15)26-20)24(28)27-19-13-22(31-3)21(30-2)12-17(19)25(29)32-4/h5-13H,1-4H3,(H,27,28). The summed E-state index contributed by atoms with van der Waals surface area (Å²) in [5, 5.41) is 3.55. The zero-order chi connectivity index (χ0) is 23.5. The summed E-state index contributed by atoms with van der Waals surface area (Å²) in [5.74, 6) is -0.281. The van der Waals surface area contributed by atoms with Crippen molar-refractivity contribution >= 4 is 39.8 Å². The number of para-hydroxylation sites is 1. The van der Waals surface area contributed by atoms with Gasteiger partial charge in [-0.15, -0.1) is 11.3 Å². The molecule has 0 radical (unpaired) electrons. The highest BCUT2D eigenvalue weighted by Gasteiger charge is 2.21. The number of benzene rings is 2. The smallest absolute Gasteiger partial charge is 0.340 e. The first-order valence-corrected chi connectivity index (χ1v) is 10.9. The lowest BCUT2D eigenvalue weighted by Crippen LogP contribution is -2.16. The Morgan fingerprint density at radius 1 is 0.909 bits per heavy atom. The summed E-state index contributed by atoms with van der Waals surface area (Å²) in [4.78, 5) is 32.7. The maximum absolute atomic E-state index is 13.5. The van der Waals surface area contributed by atoms with Gasteiger partial charge in [0.1, 0.15) is 0 Å². The van der Waals surface area contributed by atoms with Gasteiger partial charge in [0.2, 0.25) is 0 Å². The maximum Gasteiger partial charge on any atom is 0.340 e. The molecule has 0 aliphatic heterocycles. The van der Waals surface area contributed by atoms with Crippen LogP contribution in [-0.2, 0) is 4.74 Å². The third-order valence-electron chi connectivity index (χ3n) is 5.13. The number of esters is 1. The van der Waals surface area contributed by atoms with E-state index < -0.39 is 5.97 Å². The molecule has 7 nitrogen and oxygen atoms in total. The molecule has 1 N–H and O–H groups in total. The van der Waals surface area contributed by atoms with Crippen LogP contribution in [0.2, 0.25) is 0 Å². The molecule has 0 unspecified atom stereocenters. The van der Waals surface area contributed by atoms with E-state index in [9.17, 15) is 9.59 Å². The monoisotopic (exact) mass is 462 g/mol. The molecule has 0 saturated heterocycles. The van der Waals surface area contributed by atoms with Gasteiger partial charge in [0, 0.05) is 22.4 Å². The number of aryl methyl sites for hydroxylation is 1. The van der Waals surface area contributed by atoms with Crippen molar-refractivity contribution in [1.29, 1.82) is 0 Å². The van der Waals surface area contributed by atoms with E-state index in [1.54, 1.807) is 17.4 Å². The molecule has 1 amide bonds. The number of thiophene rings is 1. The Bertz CT molecular complexity index is 1360. The molecule has 4 aromatic rings. The van der Waals surface area contributed by atoms with Crippen LogP contribution in [0.4, 0.5) is 5.69 Å². The van der Waals surface area contributed by atoms with Crippen LogP contribution in [0, 0.1) is 6.92 Å². The van der Waals surface area contributed by atoms with Gasteiger partial charge in [0.25, 0.3) is 5.91 Å². The highest BCUT2D eigenvalue weighted by molar-refractivity contribution is 7.15. The molecule has 0 fully saturated rings. The molecule has 0 aliphatic carbocycles. The largest absolute Gasteiger partial charge is 0.493 e. The molecule has 0 atom stereocenters. The topological polar surface area (TPSA) is 86.8 Å². The van der Waals surface area contributed by atoms with Crippen molar-refractivity contribution in [1.82, 2.24) is 4.98 Å². The second kappa shape index (κ2) is 9.30. The number of hydrogen-bond donors (Lipinski definition) is 1. The van der Waals surface area contributed by atoms with Crippen LogP contribution >= 0.6 is 11.3 Å². The summed E-state index contributed by atoms with van der Waals surface area (Å²) in [6.07, 6.45) is 0. The second-order valence-corrected chi connectivity index (χ2v) is 8.47. The van der Waals surface area contributed by atoms with Gasteiger partial charge in [-0.05, 0) is 31.2 Å². The van der Waals surface area contributed by atoms with E-state index >= 15 is 0 Å². The quantitative estimate of drug-likeness (QED) is 0.390. The molecule has 168 valence electrons. The number of carbonyl (C=O) groups is 2. The molecule has 2 aromatic heterocycles. The van der Waals surface area contributed by atoms with Gasteiger partial charge in [-0.2, -0.15) is 0 Å². The van der Waals surface area contributed by atoms with Crippen LogP contribution in [0.3, 0.4) is 0 Å². The van der Waals surface area contributed by atoms with Crippen molar-refractivity contribution in [3.8, 4) is 22.1 Å². The number of nitrogens with zero attached hydrogens (tertiary/aromatic N) is 1. The molecular formula is C25H22N2O5S. The van der Waals surface area contributed by atoms with Crippen molar-refractivity contribution in [2.45, 2.75) is 6.92 Å². The number of carbonyl (C=O) groups excluding carboxylic acids is 2. The van der Waals surface area contributed by atoms with E-state index in [1.807, 2.05) is 43.3 Å². The van der Waals surface area contributed by atoms with Crippen molar-refractivity contribution in [3.05, 3.63) is 70.6 Å². The number of amides is 1. The Kier molecular flexibility index (Phi) is 6.28. The van der Waals surface area contributed by atoms with Gasteiger partial charge in [-0.25, -0.2) is 9.78 Å². The normalized spacial score (nSPS) is 10.7. The van der Waals surface area contributed by atoms with E-state index in [4.69, 9.17) is 19.2 Å². The summed E-state index contributed by atoms with van der Waals surface area (Å²) in [7, 11) is 4.22. The number of nitrogens with one attached hydrogen (secondary N) is 1. The maximum atomic E-state index is 13.5. The average molecular weight is 463 g/mol. The van der Waals surface area contributed by atoms with E-state index in [2.05, 4.69) is 5.32 Å². The first-order chi connectivity index (χ1) is 15.9. The summed E-state index contributed by atoms with van der Waals surface area (Å²) in [6, 6.07) is 16.2. The van der Waals surface area contributed by atoms with Gasteiger partial charge in [-0.3, -0.25) is 4.79 Å². The molecule has 0 saturated carbocycles. The van der Waals surface area contributed by atoms with Crippen LogP contribution in [0.15, 0.2) is 54.6 Å². The Hall–Kier alpha value is -3.91. The number of hydrogen-bond acceptors (Lipinski definition) is 7. The third-order valence-corrected chi connectivity index (χ3v) is 6.15. The van der Waals surface area contributed by atoms with E-state index in [0.29, 0.717) is 33.7 Å². The predicted molar refractivity (Wildman–Crippen MR) is 129 cm³/mol. The third kappa shape index (κ3) is 4.38. The summed E-state index contributed by atoms with van der Waals surface area (Å²) < 4.78 is 15.5. The Balaban J connectivity index is 1.82. The van der Waals surface area contributed by atoms with Crippen LogP contribution in [0.1, 0.15) is 25.6 Å². The first kappa shape index (κ1) is 22.3. The van der Waals surface area contributed by atoms with Gasteiger partial charge >= 0.3 is 5.97 Å². The van der Waals surface area contributed by atoms with Crippen molar-refractivity contribution in [2.24, 2.45) is 0 Å². The summed E-state index contributed by atoms with van der Waals surface area (Å²) in [5.41, 5.74) is 2.24.